The summed E-state index contributed by atoms with van der Waals surface area (Å²) in [5.74, 6) is -4.41. The van der Waals surface area contributed by atoms with Gasteiger partial charge in [-0.1, -0.05) is 41.5 Å². The van der Waals surface area contributed by atoms with Crippen LogP contribution < -0.4 is 0 Å². The number of ketones is 4. The van der Waals surface area contributed by atoms with E-state index in [2.05, 4.69) is 0 Å². The molecule has 0 saturated heterocycles. The average Bonchev–Trinajstić information content (AvgIpc) is 3.03. The summed E-state index contributed by atoms with van der Waals surface area (Å²) in [6, 6.07) is 0. The third-order valence-electron chi connectivity index (χ3n) is 11.5. The zero-order valence-electron chi connectivity index (χ0n) is 23.6. The largest absolute Gasteiger partial charge is 0.481 e. The van der Waals surface area contributed by atoms with Gasteiger partial charge in [0.2, 0.25) is 0 Å². The van der Waals surface area contributed by atoms with Crippen LogP contribution in [0.15, 0.2) is 11.1 Å². The van der Waals surface area contributed by atoms with Crippen molar-refractivity contribution in [2.45, 2.75) is 99.2 Å². The topological polar surface area (TPSA) is 146 Å². The maximum absolute atomic E-state index is 14.1. The summed E-state index contributed by atoms with van der Waals surface area (Å²) in [7, 11) is 0. The van der Waals surface area contributed by atoms with Crippen molar-refractivity contribution in [1.29, 1.82) is 0 Å². The van der Waals surface area contributed by atoms with Gasteiger partial charge in [-0.05, 0) is 42.9 Å². The third-order valence-corrected chi connectivity index (χ3v) is 11.5. The van der Waals surface area contributed by atoms with Crippen LogP contribution in [-0.2, 0) is 24.0 Å². The molecule has 0 spiro atoms. The van der Waals surface area contributed by atoms with Gasteiger partial charge in [0.25, 0.3) is 0 Å². The van der Waals surface area contributed by atoms with Gasteiger partial charge in [0.05, 0.1) is 17.4 Å². The Balaban J connectivity index is 1.80. The smallest absolute Gasteiger partial charge is 0.306 e. The molecule has 3 N–H and O–H groups in total. The molecular weight excluding hydrogens is 488 g/mol. The Bertz CT molecular complexity index is 1150. The van der Waals surface area contributed by atoms with E-state index in [-0.39, 0.29) is 60.1 Å². The molecule has 4 rings (SSSR count). The molecule has 0 aromatic heterocycles. The fraction of sp³-hybridized carbons (Fsp3) is 0.767. The quantitative estimate of drug-likeness (QED) is 0.474. The first-order valence-corrected chi connectivity index (χ1v) is 13.8. The highest BCUT2D eigenvalue weighted by Crippen LogP contribution is 2.70. The molecule has 0 aliphatic heterocycles. The second-order valence-electron chi connectivity index (χ2n) is 13.8. The number of aliphatic hydroxyl groups is 2. The highest BCUT2D eigenvalue weighted by molar-refractivity contribution is 6.17. The Morgan fingerprint density at radius 2 is 1.55 bits per heavy atom. The summed E-state index contributed by atoms with van der Waals surface area (Å²) in [6.45, 7) is 12.4. The van der Waals surface area contributed by atoms with Crippen molar-refractivity contribution >= 4 is 29.1 Å². The number of hydrogen-bond donors (Lipinski definition) is 3. The number of allylic oxidation sites excluding steroid dienone is 1. The molecule has 4 aliphatic rings. The standard InChI is InChI=1S/C30H42O8/c1-14(10-16(31)11-15(2)26(37)38)17-12-21(34)30(7)22-18(32)13-19-27(3,4)20(33)8-9-28(19,5)23(22)24(35)25(36)29(17,30)6/h14-15,17,19-20,25,33,36H,8-13H2,1-7H3,(H,37,38)/t14-,15-,17-,19?,20-,25-,28+,29+,30+/m1/s1. The van der Waals surface area contributed by atoms with Gasteiger partial charge in [-0.3, -0.25) is 24.0 Å². The van der Waals surface area contributed by atoms with Crippen molar-refractivity contribution in [1.82, 2.24) is 0 Å². The second kappa shape index (κ2) is 8.91. The Morgan fingerprint density at radius 3 is 2.13 bits per heavy atom. The minimum Gasteiger partial charge on any atom is -0.481 e. The lowest BCUT2D eigenvalue weighted by Crippen LogP contribution is -2.64. The first-order valence-electron chi connectivity index (χ1n) is 13.8. The van der Waals surface area contributed by atoms with E-state index in [1.807, 2.05) is 20.8 Å². The maximum atomic E-state index is 14.1. The molecule has 2 saturated carbocycles. The van der Waals surface area contributed by atoms with Crippen molar-refractivity contribution in [3.8, 4) is 0 Å². The molecule has 0 heterocycles. The van der Waals surface area contributed by atoms with Gasteiger partial charge in [0.1, 0.15) is 17.7 Å². The highest BCUT2D eigenvalue weighted by atomic mass is 16.4. The Kier molecular flexibility index (Phi) is 6.76. The van der Waals surface area contributed by atoms with Crippen LogP contribution in [0.5, 0.6) is 0 Å². The number of carbonyl (C=O) groups is 5. The molecule has 0 radical (unpaired) electrons. The van der Waals surface area contributed by atoms with E-state index >= 15 is 0 Å². The van der Waals surface area contributed by atoms with E-state index in [1.165, 1.54) is 6.92 Å². The third kappa shape index (κ3) is 3.58. The molecule has 2 fully saturated rings. The van der Waals surface area contributed by atoms with Crippen LogP contribution in [0.2, 0.25) is 0 Å². The molecule has 0 bridgehead atoms. The van der Waals surface area contributed by atoms with Gasteiger partial charge in [-0.25, -0.2) is 0 Å². The van der Waals surface area contributed by atoms with Gasteiger partial charge in [-0.15, -0.1) is 0 Å². The fourth-order valence-electron chi connectivity index (χ4n) is 8.86. The van der Waals surface area contributed by atoms with Crippen LogP contribution in [0.4, 0.5) is 0 Å². The van der Waals surface area contributed by atoms with Crippen LogP contribution >= 0.6 is 0 Å². The lowest BCUT2D eigenvalue weighted by atomic mass is 9.42. The summed E-state index contributed by atoms with van der Waals surface area (Å²) < 4.78 is 0. The van der Waals surface area contributed by atoms with E-state index in [4.69, 9.17) is 0 Å². The summed E-state index contributed by atoms with van der Waals surface area (Å²) in [6.07, 6.45) is -1.20. The molecule has 0 aromatic carbocycles. The van der Waals surface area contributed by atoms with Crippen molar-refractivity contribution in [2.75, 3.05) is 0 Å². The Morgan fingerprint density at radius 1 is 0.947 bits per heavy atom. The molecule has 1 unspecified atom stereocenters. The molecule has 4 aliphatic carbocycles. The monoisotopic (exact) mass is 530 g/mol. The van der Waals surface area contributed by atoms with Crippen LogP contribution in [0.25, 0.3) is 0 Å². The summed E-state index contributed by atoms with van der Waals surface area (Å²) in [4.78, 5) is 65.8. The molecule has 9 atom stereocenters. The average molecular weight is 531 g/mol. The summed E-state index contributed by atoms with van der Waals surface area (Å²) >= 11 is 0. The number of carboxylic acid groups (broad SMARTS) is 1. The molecule has 0 amide bonds. The van der Waals surface area contributed by atoms with Crippen molar-refractivity contribution in [3.63, 3.8) is 0 Å². The van der Waals surface area contributed by atoms with Crippen molar-refractivity contribution in [3.05, 3.63) is 11.1 Å². The number of carbonyl (C=O) groups excluding carboxylic acids is 4. The summed E-state index contributed by atoms with van der Waals surface area (Å²) in [5.41, 5.74) is -3.58. The van der Waals surface area contributed by atoms with E-state index < -0.39 is 63.4 Å². The van der Waals surface area contributed by atoms with Gasteiger partial charge in [0.15, 0.2) is 11.6 Å². The predicted molar refractivity (Wildman–Crippen MR) is 138 cm³/mol. The molecule has 210 valence electrons. The van der Waals surface area contributed by atoms with Gasteiger partial charge in [-0.2, -0.15) is 0 Å². The Hall–Kier alpha value is -2.19. The van der Waals surface area contributed by atoms with E-state index in [1.54, 1.807) is 20.8 Å². The molecule has 8 heteroatoms. The van der Waals surface area contributed by atoms with Crippen LogP contribution in [0.3, 0.4) is 0 Å². The normalized spacial score (nSPS) is 41.8. The van der Waals surface area contributed by atoms with Crippen molar-refractivity contribution in [2.24, 2.45) is 45.3 Å². The molecular formula is C30H42O8. The summed E-state index contributed by atoms with van der Waals surface area (Å²) in [5, 5.41) is 31.6. The van der Waals surface area contributed by atoms with Crippen LogP contribution in [-0.4, -0.2) is 56.6 Å². The minimum absolute atomic E-state index is 0.0217. The first kappa shape index (κ1) is 28.8. The lowest BCUT2D eigenvalue weighted by molar-refractivity contribution is -0.159. The predicted octanol–water partition coefficient (Wildman–Crippen LogP) is 3.31. The number of fused-ring (bicyclic) bond motifs is 4. The van der Waals surface area contributed by atoms with E-state index in [0.29, 0.717) is 12.8 Å². The molecule has 0 aromatic rings. The van der Waals surface area contributed by atoms with Gasteiger partial charge in [0, 0.05) is 47.7 Å². The zero-order chi connectivity index (χ0) is 28.7. The zero-order valence-corrected chi connectivity index (χ0v) is 23.6. The second-order valence-corrected chi connectivity index (χ2v) is 13.8. The molecule has 38 heavy (non-hydrogen) atoms. The van der Waals surface area contributed by atoms with Crippen molar-refractivity contribution < 1.29 is 39.3 Å². The van der Waals surface area contributed by atoms with E-state index in [9.17, 15) is 39.3 Å². The number of aliphatic carboxylic acids is 1. The van der Waals surface area contributed by atoms with Gasteiger partial charge >= 0.3 is 5.97 Å². The van der Waals surface area contributed by atoms with Gasteiger partial charge < -0.3 is 15.3 Å². The highest BCUT2D eigenvalue weighted by Gasteiger charge is 2.73. The first-order chi connectivity index (χ1) is 17.4. The maximum Gasteiger partial charge on any atom is 0.306 e. The number of rotatable bonds is 6. The fourth-order valence-corrected chi connectivity index (χ4v) is 8.86. The Labute approximate surface area is 224 Å². The lowest BCUT2D eigenvalue weighted by Gasteiger charge is -2.60. The minimum atomic E-state index is -1.53. The number of carboxylic acids is 1. The van der Waals surface area contributed by atoms with E-state index in [0.717, 1.165) is 0 Å². The number of hydrogen-bond acceptors (Lipinski definition) is 7. The van der Waals surface area contributed by atoms with Crippen LogP contribution in [0.1, 0.15) is 87.0 Å². The SMILES string of the molecule is C[C@H](CC(=O)C[C@@H](C)[C@H]1CC(=O)[C@@]2(C)C3=C(C(=O)[C@@H](O)[C@]12C)[C@@]1(C)CC[C@@H](O)C(C)(C)C1CC3=O)C(=O)O. The van der Waals surface area contributed by atoms with Crippen LogP contribution in [0, 0.1) is 45.3 Å². The number of Topliss-reactive ketones (excluding diaryl/α,β-unsaturated/α-hetero) is 4. The molecule has 8 nitrogen and oxygen atoms in total. The number of aliphatic hydroxyl groups excluding tert-OH is 2.